The van der Waals surface area contributed by atoms with E-state index in [2.05, 4.69) is 21.7 Å². The molecule has 2 N–H and O–H groups in total. The molecule has 1 fully saturated rings. The normalized spacial score (nSPS) is 18.2. The van der Waals surface area contributed by atoms with Crippen LogP contribution in [0.25, 0.3) is 0 Å². The minimum atomic E-state index is -0.328. The van der Waals surface area contributed by atoms with E-state index in [1.54, 1.807) is 23.1 Å². The van der Waals surface area contributed by atoms with E-state index in [9.17, 15) is 4.79 Å². The number of carbonyl (C=O) groups excluding carboxylic acids is 1. The van der Waals surface area contributed by atoms with Gasteiger partial charge in [0.25, 0.3) is 0 Å². The molecule has 1 amide bonds. The quantitative estimate of drug-likeness (QED) is 0.864. The molecule has 0 unspecified atom stereocenters. The van der Waals surface area contributed by atoms with Crippen LogP contribution in [0.3, 0.4) is 0 Å². The molecule has 0 radical (unpaired) electrons. The number of rotatable bonds is 6. The van der Waals surface area contributed by atoms with Crippen LogP contribution in [0.15, 0.2) is 16.8 Å². The van der Waals surface area contributed by atoms with Crippen LogP contribution in [0.1, 0.15) is 12.0 Å². The van der Waals surface area contributed by atoms with Gasteiger partial charge in [-0.3, -0.25) is 9.69 Å². The Bertz CT molecular complexity index is 403. The second-order valence-electron chi connectivity index (χ2n) is 5.12. The molecule has 6 heteroatoms. The van der Waals surface area contributed by atoms with Gasteiger partial charge in [0.2, 0.25) is 5.91 Å². The van der Waals surface area contributed by atoms with Crippen LogP contribution in [0.2, 0.25) is 0 Å². The fraction of sp³-hybridized carbons (Fsp3) is 0.643. The molecule has 0 spiro atoms. The van der Waals surface area contributed by atoms with Crippen LogP contribution in [-0.4, -0.2) is 59.9 Å². The Balaban J connectivity index is 1.74. The van der Waals surface area contributed by atoms with Crippen molar-refractivity contribution >= 4 is 29.0 Å². The average molecular weight is 313 g/mol. The Morgan fingerprint density at radius 3 is 2.80 bits per heavy atom. The summed E-state index contributed by atoms with van der Waals surface area (Å²) in [6.07, 6.45) is 2.82. The smallest absolute Gasteiger partial charge is 0.239 e. The molecule has 112 valence electrons. The second kappa shape index (κ2) is 8.02. The summed E-state index contributed by atoms with van der Waals surface area (Å²) in [6.45, 7) is 4.48. The Morgan fingerprint density at radius 1 is 1.45 bits per heavy atom. The molecule has 2 rings (SSSR count). The highest BCUT2D eigenvalue weighted by atomic mass is 32.2. The molecule has 0 aromatic carbocycles. The summed E-state index contributed by atoms with van der Waals surface area (Å²) >= 11 is 3.47. The van der Waals surface area contributed by atoms with Gasteiger partial charge in [0.15, 0.2) is 0 Å². The van der Waals surface area contributed by atoms with E-state index in [1.807, 2.05) is 11.2 Å². The van der Waals surface area contributed by atoms with Crippen molar-refractivity contribution in [2.75, 3.05) is 38.2 Å². The molecule has 0 saturated carbocycles. The van der Waals surface area contributed by atoms with Gasteiger partial charge in [0.1, 0.15) is 0 Å². The molecule has 0 bridgehead atoms. The van der Waals surface area contributed by atoms with Crippen molar-refractivity contribution < 1.29 is 4.79 Å². The molecule has 1 aliphatic rings. The summed E-state index contributed by atoms with van der Waals surface area (Å²) in [6, 6.07) is 1.84. The molecule has 20 heavy (non-hydrogen) atoms. The topological polar surface area (TPSA) is 49.6 Å². The third-order valence-electron chi connectivity index (χ3n) is 3.62. The first-order chi connectivity index (χ1) is 9.70. The first kappa shape index (κ1) is 15.8. The van der Waals surface area contributed by atoms with Crippen molar-refractivity contribution in [3.63, 3.8) is 0 Å². The lowest BCUT2D eigenvalue weighted by molar-refractivity contribution is -0.134. The van der Waals surface area contributed by atoms with Gasteiger partial charge >= 0.3 is 0 Å². The average Bonchev–Trinajstić information content (AvgIpc) is 2.97. The van der Waals surface area contributed by atoms with Gasteiger partial charge in [0.05, 0.1) is 6.04 Å². The van der Waals surface area contributed by atoms with Crippen LogP contribution in [0, 0.1) is 0 Å². The van der Waals surface area contributed by atoms with E-state index < -0.39 is 0 Å². The molecule has 4 nitrogen and oxygen atoms in total. The number of hydrogen-bond donors (Lipinski definition) is 1. The highest BCUT2D eigenvalue weighted by Gasteiger charge is 2.24. The molecule has 1 aromatic rings. The molecule has 0 aliphatic carbocycles. The van der Waals surface area contributed by atoms with Crippen LogP contribution < -0.4 is 5.73 Å². The zero-order valence-electron chi connectivity index (χ0n) is 12.0. The lowest BCUT2D eigenvalue weighted by atomic mass is 10.2. The minimum Gasteiger partial charge on any atom is -0.339 e. The van der Waals surface area contributed by atoms with Gasteiger partial charge in [-0.1, -0.05) is 0 Å². The van der Waals surface area contributed by atoms with E-state index >= 15 is 0 Å². The maximum absolute atomic E-state index is 12.2. The summed E-state index contributed by atoms with van der Waals surface area (Å²) in [7, 11) is 0. The van der Waals surface area contributed by atoms with Gasteiger partial charge in [-0.25, -0.2) is 0 Å². The Labute approximate surface area is 129 Å². The Hall–Kier alpha value is -0.560. The summed E-state index contributed by atoms with van der Waals surface area (Å²) in [4.78, 5) is 16.5. The monoisotopic (exact) mass is 313 g/mol. The van der Waals surface area contributed by atoms with Crippen molar-refractivity contribution in [2.24, 2.45) is 5.73 Å². The number of hydrogen-bond acceptors (Lipinski definition) is 5. The van der Waals surface area contributed by atoms with Crippen molar-refractivity contribution in [1.82, 2.24) is 9.80 Å². The number of carbonyl (C=O) groups is 1. The summed E-state index contributed by atoms with van der Waals surface area (Å²) in [5, 5.41) is 4.30. The molecule has 2 heterocycles. The number of piperazine rings is 1. The molecular formula is C14H23N3OS2. The zero-order chi connectivity index (χ0) is 14.4. The van der Waals surface area contributed by atoms with E-state index in [0.29, 0.717) is 0 Å². The standard InChI is InChI=1S/C14H23N3OS2/c1-19-8-3-13(15)14(18)17-6-4-16(5-7-17)10-12-2-9-20-11-12/h2,9,11,13H,3-8,10,15H2,1H3/t13-/m0/s1. The number of amides is 1. The van der Waals surface area contributed by atoms with Crippen molar-refractivity contribution in [1.29, 1.82) is 0 Å². The SMILES string of the molecule is CSCC[C@H](N)C(=O)N1CCN(Cc2ccsc2)CC1. The molecule has 1 saturated heterocycles. The van der Waals surface area contributed by atoms with E-state index in [-0.39, 0.29) is 11.9 Å². The number of thiophene rings is 1. The highest BCUT2D eigenvalue weighted by molar-refractivity contribution is 7.98. The maximum Gasteiger partial charge on any atom is 0.239 e. The Kier molecular flexibility index (Phi) is 6.35. The zero-order valence-corrected chi connectivity index (χ0v) is 13.6. The summed E-state index contributed by atoms with van der Waals surface area (Å²) < 4.78 is 0. The van der Waals surface area contributed by atoms with Gasteiger partial charge in [0, 0.05) is 32.7 Å². The third-order valence-corrected chi connectivity index (χ3v) is 5.00. The summed E-state index contributed by atoms with van der Waals surface area (Å²) in [5.41, 5.74) is 7.33. The Morgan fingerprint density at radius 2 is 2.20 bits per heavy atom. The fourth-order valence-electron chi connectivity index (χ4n) is 2.37. The van der Waals surface area contributed by atoms with Gasteiger partial charge in [-0.15, -0.1) is 0 Å². The van der Waals surface area contributed by atoms with E-state index in [1.165, 1.54) is 5.56 Å². The molecule has 1 aliphatic heterocycles. The van der Waals surface area contributed by atoms with Crippen molar-refractivity contribution in [3.8, 4) is 0 Å². The van der Waals surface area contributed by atoms with Gasteiger partial charge in [-0.2, -0.15) is 23.1 Å². The van der Waals surface area contributed by atoms with Gasteiger partial charge in [-0.05, 0) is 40.8 Å². The largest absolute Gasteiger partial charge is 0.339 e. The number of thioether (sulfide) groups is 1. The van der Waals surface area contributed by atoms with Crippen molar-refractivity contribution in [2.45, 2.75) is 19.0 Å². The second-order valence-corrected chi connectivity index (χ2v) is 6.89. The predicted octanol–water partition coefficient (Wildman–Crippen LogP) is 1.47. The number of nitrogens with zero attached hydrogens (tertiary/aromatic N) is 2. The summed E-state index contributed by atoms with van der Waals surface area (Å²) in [5.74, 6) is 1.07. The first-order valence-electron chi connectivity index (χ1n) is 6.97. The minimum absolute atomic E-state index is 0.120. The maximum atomic E-state index is 12.2. The van der Waals surface area contributed by atoms with Crippen molar-refractivity contribution in [3.05, 3.63) is 22.4 Å². The van der Waals surface area contributed by atoms with E-state index in [4.69, 9.17) is 5.73 Å². The third kappa shape index (κ3) is 4.48. The van der Waals surface area contributed by atoms with Crippen LogP contribution in [0.5, 0.6) is 0 Å². The predicted molar refractivity (Wildman–Crippen MR) is 87.2 cm³/mol. The van der Waals surface area contributed by atoms with Crippen LogP contribution >= 0.6 is 23.1 Å². The molecule has 1 aromatic heterocycles. The highest BCUT2D eigenvalue weighted by Crippen LogP contribution is 2.12. The lowest BCUT2D eigenvalue weighted by Crippen LogP contribution is -2.53. The van der Waals surface area contributed by atoms with Crippen LogP contribution in [-0.2, 0) is 11.3 Å². The first-order valence-corrected chi connectivity index (χ1v) is 9.31. The molecular weight excluding hydrogens is 290 g/mol. The van der Waals surface area contributed by atoms with E-state index in [0.717, 1.165) is 44.9 Å². The van der Waals surface area contributed by atoms with Crippen LogP contribution in [0.4, 0.5) is 0 Å². The van der Waals surface area contributed by atoms with Gasteiger partial charge < -0.3 is 10.6 Å². The fourth-order valence-corrected chi connectivity index (χ4v) is 3.52. The molecule has 1 atom stereocenters. The lowest BCUT2D eigenvalue weighted by Gasteiger charge is -2.35. The number of nitrogens with two attached hydrogens (primary N) is 1.